The third-order valence-electron chi connectivity index (χ3n) is 2.55. The Hall–Kier alpha value is -0.830. The van der Waals surface area contributed by atoms with Crippen molar-refractivity contribution in [3.63, 3.8) is 0 Å². The lowest BCUT2D eigenvalue weighted by molar-refractivity contribution is -0.121. The molecule has 1 aromatic carbocycles. The maximum atomic E-state index is 11.5. The average molecular weight is 284 g/mol. The third kappa shape index (κ3) is 4.79. The summed E-state index contributed by atoms with van der Waals surface area (Å²) in [5.74, 6) is 0.134. The predicted octanol–water partition coefficient (Wildman–Crippen LogP) is 3.30. The van der Waals surface area contributed by atoms with E-state index in [0.29, 0.717) is 6.42 Å². The van der Waals surface area contributed by atoms with Gasteiger partial charge in [0, 0.05) is 16.9 Å². The van der Waals surface area contributed by atoms with E-state index in [1.807, 2.05) is 25.1 Å². The van der Waals surface area contributed by atoms with E-state index in [2.05, 4.69) is 34.2 Å². The van der Waals surface area contributed by atoms with Gasteiger partial charge in [0.1, 0.15) is 0 Å². The third-order valence-corrected chi connectivity index (χ3v) is 3.04. The van der Waals surface area contributed by atoms with E-state index >= 15 is 0 Å². The zero-order valence-corrected chi connectivity index (χ0v) is 11.4. The Morgan fingerprint density at radius 1 is 1.50 bits per heavy atom. The van der Waals surface area contributed by atoms with Crippen LogP contribution in [-0.2, 0) is 11.2 Å². The first-order chi connectivity index (χ1) is 7.61. The van der Waals surface area contributed by atoms with Crippen molar-refractivity contribution >= 4 is 21.8 Å². The van der Waals surface area contributed by atoms with Gasteiger partial charge in [0.05, 0.1) is 0 Å². The Balaban J connectivity index is 2.37. The summed E-state index contributed by atoms with van der Waals surface area (Å²) >= 11 is 3.42. The molecule has 0 aliphatic rings. The molecule has 1 atom stereocenters. The molecule has 0 spiro atoms. The van der Waals surface area contributed by atoms with Gasteiger partial charge in [0.25, 0.3) is 0 Å². The van der Waals surface area contributed by atoms with Crippen LogP contribution in [0.2, 0.25) is 0 Å². The lowest BCUT2D eigenvalue weighted by Crippen LogP contribution is -2.31. The molecule has 0 heterocycles. The second-order valence-electron chi connectivity index (χ2n) is 4.01. The number of hydrogen-bond acceptors (Lipinski definition) is 1. The summed E-state index contributed by atoms with van der Waals surface area (Å²) in [6.07, 6.45) is 2.32. The van der Waals surface area contributed by atoms with E-state index in [1.54, 1.807) is 0 Å². The van der Waals surface area contributed by atoms with Gasteiger partial charge in [0.15, 0.2) is 0 Å². The molecule has 1 unspecified atom stereocenters. The Labute approximate surface area is 106 Å². The van der Waals surface area contributed by atoms with E-state index in [4.69, 9.17) is 0 Å². The van der Waals surface area contributed by atoms with Crippen molar-refractivity contribution in [1.82, 2.24) is 5.32 Å². The van der Waals surface area contributed by atoms with Crippen LogP contribution in [0.15, 0.2) is 28.7 Å². The average Bonchev–Trinajstić information content (AvgIpc) is 2.26. The topological polar surface area (TPSA) is 29.1 Å². The van der Waals surface area contributed by atoms with Gasteiger partial charge in [-0.2, -0.15) is 0 Å². The highest BCUT2D eigenvalue weighted by molar-refractivity contribution is 9.10. The van der Waals surface area contributed by atoms with Gasteiger partial charge >= 0.3 is 0 Å². The summed E-state index contributed by atoms with van der Waals surface area (Å²) in [5, 5.41) is 2.96. The zero-order chi connectivity index (χ0) is 12.0. The summed E-state index contributed by atoms with van der Waals surface area (Å²) in [7, 11) is 0. The number of hydrogen-bond donors (Lipinski definition) is 1. The van der Waals surface area contributed by atoms with Crippen molar-refractivity contribution in [3.05, 3.63) is 34.3 Å². The summed E-state index contributed by atoms with van der Waals surface area (Å²) < 4.78 is 1.06. The molecule has 1 N–H and O–H groups in total. The van der Waals surface area contributed by atoms with E-state index < -0.39 is 0 Å². The minimum atomic E-state index is 0.134. The van der Waals surface area contributed by atoms with Crippen LogP contribution in [-0.4, -0.2) is 11.9 Å². The van der Waals surface area contributed by atoms with Crippen LogP contribution >= 0.6 is 15.9 Å². The number of carbonyl (C=O) groups is 1. The molecule has 0 bridgehead atoms. The first-order valence-corrected chi connectivity index (χ1v) is 6.45. The van der Waals surface area contributed by atoms with Crippen molar-refractivity contribution < 1.29 is 4.79 Å². The van der Waals surface area contributed by atoms with E-state index in [0.717, 1.165) is 17.3 Å². The first kappa shape index (κ1) is 13.2. The second kappa shape index (κ2) is 6.69. The molecule has 16 heavy (non-hydrogen) atoms. The number of aryl methyl sites for hydroxylation is 1. The predicted molar refractivity (Wildman–Crippen MR) is 70.4 cm³/mol. The molecule has 0 aliphatic carbocycles. The number of rotatable bonds is 5. The maximum Gasteiger partial charge on any atom is 0.220 e. The lowest BCUT2D eigenvalue weighted by atomic mass is 10.1. The van der Waals surface area contributed by atoms with Gasteiger partial charge in [-0.1, -0.05) is 35.0 Å². The van der Waals surface area contributed by atoms with Crippen LogP contribution in [0.3, 0.4) is 0 Å². The monoisotopic (exact) mass is 283 g/mol. The number of amides is 1. The molecule has 0 aromatic heterocycles. The highest BCUT2D eigenvalue weighted by atomic mass is 79.9. The quantitative estimate of drug-likeness (QED) is 0.883. The van der Waals surface area contributed by atoms with Crippen molar-refractivity contribution in [3.8, 4) is 0 Å². The fraction of sp³-hybridized carbons (Fsp3) is 0.462. The Morgan fingerprint density at radius 3 is 2.88 bits per heavy atom. The number of nitrogens with one attached hydrogen (secondary N) is 1. The van der Waals surface area contributed by atoms with Crippen LogP contribution in [0.4, 0.5) is 0 Å². The highest BCUT2D eigenvalue weighted by Gasteiger charge is 2.05. The number of carbonyl (C=O) groups excluding carboxylic acids is 1. The zero-order valence-electron chi connectivity index (χ0n) is 9.79. The van der Waals surface area contributed by atoms with Gasteiger partial charge in [-0.05, 0) is 37.5 Å². The van der Waals surface area contributed by atoms with E-state index in [1.165, 1.54) is 5.56 Å². The van der Waals surface area contributed by atoms with Crippen LogP contribution in [0, 0.1) is 0 Å². The molecule has 2 nitrogen and oxygen atoms in total. The number of halogens is 1. The summed E-state index contributed by atoms with van der Waals surface area (Å²) in [6.45, 7) is 4.09. The Bertz CT molecular complexity index is 352. The van der Waals surface area contributed by atoms with Crippen molar-refractivity contribution in [2.24, 2.45) is 0 Å². The highest BCUT2D eigenvalue weighted by Crippen LogP contribution is 2.12. The molecular weight excluding hydrogens is 266 g/mol. The SMILES string of the molecule is CCC(C)NC(=O)CCc1cccc(Br)c1. The fourth-order valence-electron chi connectivity index (χ4n) is 1.40. The molecule has 0 saturated heterocycles. The normalized spacial score (nSPS) is 12.2. The Kier molecular flexibility index (Phi) is 5.53. The maximum absolute atomic E-state index is 11.5. The van der Waals surface area contributed by atoms with Crippen molar-refractivity contribution in [1.29, 1.82) is 0 Å². The molecule has 1 rings (SSSR count). The first-order valence-electron chi connectivity index (χ1n) is 5.65. The summed E-state index contributed by atoms with van der Waals surface area (Å²) in [6, 6.07) is 8.35. The van der Waals surface area contributed by atoms with Gasteiger partial charge < -0.3 is 5.32 Å². The largest absolute Gasteiger partial charge is 0.354 e. The van der Waals surface area contributed by atoms with E-state index in [9.17, 15) is 4.79 Å². The minimum Gasteiger partial charge on any atom is -0.354 e. The lowest BCUT2D eigenvalue weighted by Gasteiger charge is -2.11. The molecule has 0 saturated carbocycles. The molecule has 0 aliphatic heterocycles. The van der Waals surface area contributed by atoms with Crippen LogP contribution in [0.25, 0.3) is 0 Å². The minimum absolute atomic E-state index is 0.134. The summed E-state index contributed by atoms with van der Waals surface area (Å²) in [4.78, 5) is 11.5. The standard InChI is InChI=1S/C13H18BrNO/c1-3-10(2)15-13(16)8-7-11-5-4-6-12(14)9-11/h4-6,9-10H,3,7-8H2,1-2H3,(H,15,16). The molecular formula is C13H18BrNO. The van der Waals surface area contributed by atoms with Crippen molar-refractivity contribution in [2.75, 3.05) is 0 Å². The van der Waals surface area contributed by atoms with Gasteiger partial charge in [-0.3, -0.25) is 4.79 Å². The second-order valence-corrected chi connectivity index (χ2v) is 4.92. The van der Waals surface area contributed by atoms with Crippen LogP contribution in [0.5, 0.6) is 0 Å². The molecule has 1 aromatic rings. The molecule has 0 radical (unpaired) electrons. The smallest absolute Gasteiger partial charge is 0.220 e. The summed E-state index contributed by atoms with van der Waals surface area (Å²) in [5.41, 5.74) is 1.19. The van der Waals surface area contributed by atoms with Crippen molar-refractivity contribution in [2.45, 2.75) is 39.2 Å². The van der Waals surface area contributed by atoms with Crippen LogP contribution in [0.1, 0.15) is 32.3 Å². The molecule has 88 valence electrons. The van der Waals surface area contributed by atoms with Gasteiger partial charge in [0.2, 0.25) is 5.91 Å². The fourth-order valence-corrected chi connectivity index (χ4v) is 1.85. The Morgan fingerprint density at radius 2 is 2.25 bits per heavy atom. The molecule has 0 fully saturated rings. The van der Waals surface area contributed by atoms with E-state index in [-0.39, 0.29) is 11.9 Å². The molecule has 1 amide bonds. The van der Waals surface area contributed by atoms with Crippen LogP contribution < -0.4 is 5.32 Å². The van der Waals surface area contributed by atoms with Gasteiger partial charge in [-0.15, -0.1) is 0 Å². The number of benzene rings is 1. The molecule has 3 heteroatoms. The van der Waals surface area contributed by atoms with Gasteiger partial charge in [-0.25, -0.2) is 0 Å².